The number of anilines is 1. The molecule has 3 fully saturated rings. The third kappa shape index (κ3) is 3.44. The van der Waals surface area contributed by atoms with Crippen molar-refractivity contribution in [3.63, 3.8) is 0 Å². The second-order valence-electron chi connectivity index (χ2n) is 7.78. The van der Waals surface area contributed by atoms with Crippen LogP contribution in [-0.2, 0) is 6.54 Å². The van der Waals surface area contributed by atoms with E-state index < -0.39 is 0 Å². The predicted octanol–water partition coefficient (Wildman–Crippen LogP) is 1.76. The molecular weight excluding hydrogens is 324 g/mol. The molecule has 0 radical (unpaired) electrons. The van der Waals surface area contributed by atoms with Crippen LogP contribution in [0.4, 0.5) is 5.82 Å². The third-order valence-electron chi connectivity index (χ3n) is 5.82. The molecule has 3 aliphatic rings. The molecule has 2 aromatic heterocycles. The number of pyridine rings is 1. The Morgan fingerprint density at radius 1 is 0.923 bits per heavy atom. The predicted molar refractivity (Wildman–Crippen MR) is 101 cm³/mol. The van der Waals surface area contributed by atoms with Crippen molar-refractivity contribution < 1.29 is 0 Å². The molecule has 0 spiro atoms. The van der Waals surface area contributed by atoms with Crippen LogP contribution in [0.5, 0.6) is 0 Å². The maximum atomic E-state index is 4.54. The smallest absolute Gasteiger partial charge is 0.131 e. The molecule has 136 valence electrons. The second kappa shape index (κ2) is 6.93. The molecule has 2 aromatic rings. The van der Waals surface area contributed by atoms with Crippen molar-refractivity contribution in [1.29, 1.82) is 0 Å². The van der Waals surface area contributed by atoms with Gasteiger partial charge in [-0.1, -0.05) is 6.07 Å². The van der Waals surface area contributed by atoms with Crippen molar-refractivity contribution in [3.05, 3.63) is 48.2 Å². The highest BCUT2D eigenvalue weighted by Gasteiger charge is 2.33. The lowest BCUT2D eigenvalue weighted by Crippen LogP contribution is -2.62. The van der Waals surface area contributed by atoms with Crippen LogP contribution in [0, 0.1) is 0 Å². The Labute approximate surface area is 154 Å². The molecule has 0 N–H and O–H groups in total. The van der Waals surface area contributed by atoms with E-state index in [4.69, 9.17) is 0 Å². The van der Waals surface area contributed by atoms with Crippen molar-refractivity contribution in [2.45, 2.75) is 31.3 Å². The van der Waals surface area contributed by atoms with Crippen LogP contribution in [0.2, 0.25) is 0 Å². The van der Waals surface area contributed by atoms with Gasteiger partial charge in [0.2, 0.25) is 0 Å². The van der Waals surface area contributed by atoms with Crippen molar-refractivity contribution in [2.75, 3.05) is 44.2 Å². The van der Waals surface area contributed by atoms with Crippen LogP contribution in [0.3, 0.4) is 0 Å². The van der Waals surface area contributed by atoms with E-state index in [2.05, 4.69) is 41.8 Å². The molecule has 0 atom stereocenters. The molecule has 4 heterocycles. The van der Waals surface area contributed by atoms with E-state index in [0.29, 0.717) is 12.0 Å². The zero-order valence-corrected chi connectivity index (χ0v) is 15.2. The van der Waals surface area contributed by atoms with Crippen molar-refractivity contribution in [2.24, 2.45) is 0 Å². The van der Waals surface area contributed by atoms with E-state index in [1.54, 1.807) is 0 Å². The van der Waals surface area contributed by atoms with E-state index in [0.717, 1.165) is 57.5 Å². The molecule has 5 rings (SSSR count). The topological polar surface area (TPSA) is 48.4 Å². The van der Waals surface area contributed by atoms with Gasteiger partial charge in [0.15, 0.2) is 0 Å². The molecule has 6 nitrogen and oxygen atoms in total. The van der Waals surface area contributed by atoms with Crippen LogP contribution >= 0.6 is 0 Å². The number of nitrogens with zero attached hydrogens (tertiary/aromatic N) is 6. The van der Waals surface area contributed by atoms with Crippen LogP contribution < -0.4 is 4.90 Å². The first-order valence-electron chi connectivity index (χ1n) is 9.78. The van der Waals surface area contributed by atoms with Crippen molar-refractivity contribution in [1.82, 2.24) is 24.8 Å². The number of hydrogen-bond acceptors (Lipinski definition) is 6. The number of rotatable bonds is 5. The summed E-state index contributed by atoms with van der Waals surface area (Å²) < 4.78 is 0. The van der Waals surface area contributed by atoms with Gasteiger partial charge in [-0.2, -0.15) is 0 Å². The Bertz CT molecular complexity index is 716. The highest BCUT2D eigenvalue weighted by molar-refractivity contribution is 5.38. The summed E-state index contributed by atoms with van der Waals surface area (Å²) in [5.41, 5.74) is 1.24. The maximum absolute atomic E-state index is 4.54. The maximum Gasteiger partial charge on any atom is 0.131 e. The lowest BCUT2D eigenvalue weighted by molar-refractivity contribution is 0.0254. The van der Waals surface area contributed by atoms with E-state index in [1.165, 1.54) is 18.4 Å². The van der Waals surface area contributed by atoms with E-state index >= 15 is 0 Å². The summed E-state index contributed by atoms with van der Waals surface area (Å²) in [4.78, 5) is 21.1. The summed E-state index contributed by atoms with van der Waals surface area (Å²) in [5.74, 6) is 2.79. The molecular formula is C20H26N6. The van der Waals surface area contributed by atoms with Gasteiger partial charge in [0, 0.05) is 81.9 Å². The molecule has 1 saturated carbocycles. The molecule has 0 unspecified atom stereocenters. The highest BCUT2D eigenvalue weighted by Crippen LogP contribution is 2.37. The number of piperazine rings is 1. The number of hydrogen-bond donors (Lipinski definition) is 0. The molecule has 26 heavy (non-hydrogen) atoms. The molecule has 1 aliphatic carbocycles. The van der Waals surface area contributed by atoms with E-state index in [1.807, 2.05) is 24.7 Å². The van der Waals surface area contributed by atoms with Gasteiger partial charge in [0.05, 0.1) is 0 Å². The van der Waals surface area contributed by atoms with Gasteiger partial charge >= 0.3 is 0 Å². The van der Waals surface area contributed by atoms with Crippen molar-refractivity contribution >= 4 is 5.82 Å². The lowest BCUT2D eigenvalue weighted by atomic mass is 10.1. The first kappa shape index (κ1) is 16.1. The summed E-state index contributed by atoms with van der Waals surface area (Å²) in [7, 11) is 0. The first-order chi connectivity index (χ1) is 12.8. The van der Waals surface area contributed by atoms with Gasteiger partial charge in [-0.25, -0.2) is 15.0 Å². The fourth-order valence-corrected chi connectivity index (χ4v) is 4.02. The van der Waals surface area contributed by atoms with Gasteiger partial charge in [0.1, 0.15) is 11.6 Å². The van der Waals surface area contributed by atoms with Crippen LogP contribution in [0.15, 0.2) is 36.8 Å². The summed E-state index contributed by atoms with van der Waals surface area (Å²) >= 11 is 0. The molecule has 0 aromatic carbocycles. The summed E-state index contributed by atoms with van der Waals surface area (Å²) in [6.07, 6.45) is 8.47. The summed E-state index contributed by atoms with van der Waals surface area (Å²) in [6.45, 7) is 7.72. The minimum Gasteiger partial charge on any atom is -0.354 e. The van der Waals surface area contributed by atoms with Gasteiger partial charge in [-0.3, -0.25) is 9.80 Å². The number of aromatic nitrogens is 3. The second-order valence-corrected chi connectivity index (χ2v) is 7.78. The van der Waals surface area contributed by atoms with Gasteiger partial charge in [-0.05, 0) is 25.0 Å². The van der Waals surface area contributed by atoms with Crippen LogP contribution in [0.1, 0.15) is 30.1 Å². The lowest BCUT2D eigenvalue weighted by Gasteiger charge is -2.48. The zero-order valence-electron chi connectivity index (χ0n) is 15.2. The molecule has 2 saturated heterocycles. The largest absolute Gasteiger partial charge is 0.354 e. The minimum atomic E-state index is 0.641. The summed E-state index contributed by atoms with van der Waals surface area (Å²) in [6, 6.07) is 6.86. The van der Waals surface area contributed by atoms with Crippen LogP contribution in [-0.4, -0.2) is 70.1 Å². The van der Waals surface area contributed by atoms with Crippen LogP contribution in [0.25, 0.3) is 0 Å². The quantitative estimate of drug-likeness (QED) is 0.819. The Morgan fingerprint density at radius 2 is 1.69 bits per heavy atom. The third-order valence-corrected chi connectivity index (χ3v) is 5.82. The highest BCUT2D eigenvalue weighted by atomic mass is 15.4. The SMILES string of the molecule is c1ccc(N2CCN(C3CN(Cc4cnc(C5CC5)nc4)C3)CC2)nc1. The zero-order chi connectivity index (χ0) is 17.3. The Hall–Kier alpha value is -2.05. The van der Waals surface area contributed by atoms with Crippen molar-refractivity contribution in [3.8, 4) is 0 Å². The van der Waals surface area contributed by atoms with Gasteiger partial charge in [-0.15, -0.1) is 0 Å². The average molecular weight is 350 g/mol. The van der Waals surface area contributed by atoms with E-state index in [-0.39, 0.29) is 0 Å². The Balaban J connectivity index is 1.07. The fraction of sp³-hybridized carbons (Fsp3) is 0.550. The monoisotopic (exact) mass is 350 g/mol. The molecule has 2 aliphatic heterocycles. The Kier molecular flexibility index (Phi) is 4.30. The van der Waals surface area contributed by atoms with Gasteiger partial charge in [0.25, 0.3) is 0 Å². The summed E-state index contributed by atoms with van der Waals surface area (Å²) in [5, 5.41) is 0. The average Bonchev–Trinajstić information content (AvgIpc) is 3.51. The standard InChI is InChI=1S/C20H26N6/c1-2-6-21-19(3-1)26-9-7-25(8-10-26)18-14-24(15-18)13-16-11-22-20(23-12-16)17-4-5-17/h1-3,6,11-12,17-18H,4-5,7-10,13-15H2. The molecule has 6 heteroatoms. The first-order valence-corrected chi connectivity index (χ1v) is 9.78. The number of likely N-dealkylation sites (tertiary alicyclic amines) is 1. The fourth-order valence-electron chi connectivity index (χ4n) is 4.02. The minimum absolute atomic E-state index is 0.641. The normalized spacial score (nSPS) is 22.4. The Morgan fingerprint density at radius 3 is 2.35 bits per heavy atom. The van der Waals surface area contributed by atoms with E-state index in [9.17, 15) is 0 Å². The van der Waals surface area contributed by atoms with Gasteiger partial charge < -0.3 is 4.90 Å². The molecule has 0 amide bonds. The molecule has 0 bridgehead atoms.